The lowest BCUT2D eigenvalue weighted by Gasteiger charge is -2.35. The van der Waals surface area contributed by atoms with Gasteiger partial charge in [-0.15, -0.1) is 0 Å². The number of aromatic nitrogens is 1. The second-order valence-corrected chi connectivity index (χ2v) is 9.12. The van der Waals surface area contributed by atoms with Gasteiger partial charge in [-0.2, -0.15) is 0 Å². The Balaban J connectivity index is 1.22. The van der Waals surface area contributed by atoms with E-state index in [1.165, 1.54) is 11.8 Å². The third-order valence-electron chi connectivity index (χ3n) is 6.77. The minimum absolute atomic E-state index is 0.0110. The number of hydrogen-bond acceptors (Lipinski definition) is 8. The fraction of sp³-hybridized carbons (Fsp3) is 0.393. The number of pyridine rings is 1. The summed E-state index contributed by atoms with van der Waals surface area (Å²) < 4.78 is 22.6. The summed E-state index contributed by atoms with van der Waals surface area (Å²) in [4.78, 5) is 6.71. The quantitative estimate of drug-likeness (QED) is 0.551. The van der Waals surface area contributed by atoms with Crippen molar-refractivity contribution < 1.29 is 24.1 Å². The minimum atomic E-state index is -0.647. The van der Waals surface area contributed by atoms with Crippen LogP contribution in [0.25, 0.3) is 10.9 Å². The van der Waals surface area contributed by atoms with Crippen LogP contribution in [-0.4, -0.2) is 67.0 Å². The Hall–Kier alpha value is -3.17. The molecule has 8 heteroatoms. The molecule has 3 aliphatic rings. The van der Waals surface area contributed by atoms with Crippen LogP contribution in [0.4, 0.5) is 0 Å². The molecule has 3 atom stereocenters. The maximum absolute atomic E-state index is 11.2. The molecule has 1 aromatic heterocycles. The molecule has 0 bridgehead atoms. The van der Waals surface area contributed by atoms with E-state index in [1.54, 1.807) is 25.8 Å². The number of nitrogens with zero attached hydrogens (tertiary/aromatic N) is 2. The second-order valence-electron chi connectivity index (χ2n) is 9.12. The molecule has 190 valence electrons. The highest BCUT2D eigenvalue weighted by atomic mass is 16.5. The van der Waals surface area contributed by atoms with E-state index in [1.807, 2.05) is 24.3 Å². The van der Waals surface area contributed by atoms with Crippen molar-refractivity contribution in [1.82, 2.24) is 15.2 Å². The number of nitrogens with one attached hydrogen (secondary N) is 1. The van der Waals surface area contributed by atoms with E-state index in [0.29, 0.717) is 25.4 Å². The summed E-state index contributed by atoms with van der Waals surface area (Å²) >= 11 is 0. The maximum atomic E-state index is 11.2. The molecule has 0 radical (unpaired) electrons. The van der Waals surface area contributed by atoms with Crippen LogP contribution < -0.4 is 10.1 Å². The van der Waals surface area contributed by atoms with Crippen LogP contribution in [0, 0.1) is 0 Å². The minimum Gasteiger partial charge on any atom is -0.494 e. The van der Waals surface area contributed by atoms with Gasteiger partial charge in [-0.3, -0.25) is 9.88 Å². The van der Waals surface area contributed by atoms with Gasteiger partial charge in [0.15, 0.2) is 5.76 Å². The van der Waals surface area contributed by atoms with Gasteiger partial charge < -0.3 is 29.4 Å². The van der Waals surface area contributed by atoms with E-state index in [2.05, 4.69) is 33.4 Å². The Morgan fingerprint density at radius 1 is 1.28 bits per heavy atom. The first kappa shape index (κ1) is 24.5. The van der Waals surface area contributed by atoms with Crippen molar-refractivity contribution >= 4 is 10.9 Å². The number of para-hydroxylation sites is 1. The standard InChI is InChI=1S/C28H33N3O5/c1-33-25-9-5-8-23-22(10-11-29-28(23)25)24(32)18-31-12-13-35-21(17-31)16-30-27(20-6-3-2-4-7-20)26-19-34-14-15-36-26/h2-3,5-6,8-11,14-15,19,21,24,27,30,32H,4,7,12-13,16-18H2,1H3. The lowest BCUT2D eigenvalue weighted by atomic mass is 9.96. The van der Waals surface area contributed by atoms with Gasteiger partial charge in [0.2, 0.25) is 0 Å². The third kappa shape index (κ3) is 5.63. The SMILES string of the molecule is COc1cccc2c(C(O)CN3CCOC(CNC(C4=CC=CCC4)C4=COC=CO4)C3)ccnc12. The first-order valence-electron chi connectivity index (χ1n) is 12.4. The van der Waals surface area contributed by atoms with Gasteiger partial charge in [0, 0.05) is 37.8 Å². The van der Waals surface area contributed by atoms with Crippen LogP contribution in [0.3, 0.4) is 0 Å². The first-order chi connectivity index (χ1) is 17.7. The van der Waals surface area contributed by atoms with Gasteiger partial charge in [-0.05, 0) is 36.1 Å². The van der Waals surface area contributed by atoms with E-state index in [4.69, 9.17) is 18.9 Å². The number of hydrogen-bond donors (Lipinski definition) is 2. The Bertz CT molecular complexity index is 1170. The molecule has 2 aromatic rings. The number of methoxy groups -OCH3 is 1. The smallest absolute Gasteiger partial charge is 0.159 e. The fourth-order valence-corrected chi connectivity index (χ4v) is 4.97. The number of aliphatic hydroxyl groups excluding tert-OH is 1. The number of fused-ring (bicyclic) bond motifs is 1. The van der Waals surface area contributed by atoms with E-state index in [9.17, 15) is 5.11 Å². The molecule has 1 aliphatic carbocycles. The number of β-amino-alcohol motifs (C(OH)–C–C–N with tert-alkyl or cyclic N) is 1. The summed E-state index contributed by atoms with van der Waals surface area (Å²) in [5, 5.41) is 15.7. The molecule has 3 unspecified atom stereocenters. The molecule has 2 N–H and O–H groups in total. The number of rotatable bonds is 9. The van der Waals surface area contributed by atoms with Crippen LogP contribution in [0.5, 0.6) is 5.75 Å². The molecule has 1 saturated heterocycles. The molecule has 3 heterocycles. The van der Waals surface area contributed by atoms with Gasteiger partial charge in [0.05, 0.1) is 32.0 Å². The summed E-state index contributed by atoms with van der Waals surface area (Å²) in [5.74, 6) is 1.44. The van der Waals surface area contributed by atoms with Gasteiger partial charge >= 0.3 is 0 Å². The van der Waals surface area contributed by atoms with E-state index >= 15 is 0 Å². The van der Waals surface area contributed by atoms with Crippen LogP contribution in [0.15, 0.2) is 78.8 Å². The molecule has 5 rings (SSSR count). The Labute approximate surface area is 211 Å². The van der Waals surface area contributed by atoms with Crippen LogP contribution in [-0.2, 0) is 14.2 Å². The highest BCUT2D eigenvalue weighted by Gasteiger charge is 2.27. The van der Waals surface area contributed by atoms with Gasteiger partial charge in [-0.25, -0.2) is 0 Å². The summed E-state index contributed by atoms with van der Waals surface area (Å²) in [6.45, 7) is 3.27. The zero-order valence-corrected chi connectivity index (χ0v) is 20.5. The summed E-state index contributed by atoms with van der Waals surface area (Å²) in [5.41, 5.74) is 2.87. The van der Waals surface area contributed by atoms with E-state index in [-0.39, 0.29) is 12.1 Å². The van der Waals surface area contributed by atoms with Crippen molar-refractivity contribution in [2.45, 2.75) is 31.1 Å². The summed E-state index contributed by atoms with van der Waals surface area (Å²) in [6, 6.07) is 7.59. The number of ether oxygens (including phenoxy) is 4. The highest BCUT2D eigenvalue weighted by molar-refractivity contribution is 5.87. The number of morpholine rings is 1. The van der Waals surface area contributed by atoms with Crippen molar-refractivity contribution in [3.8, 4) is 5.75 Å². The largest absolute Gasteiger partial charge is 0.494 e. The van der Waals surface area contributed by atoms with Crippen LogP contribution in [0.2, 0.25) is 0 Å². The zero-order valence-electron chi connectivity index (χ0n) is 20.5. The van der Waals surface area contributed by atoms with Gasteiger partial charge in [-0.1, -0.05) is 30.4 Å². The fourth-order valence-electron chi connectivity index (χ4n) is 4.97. The third-order valence-corrected chi connectivity index (χ3v) is 6.77. The predicted molar refractivity (Wildman–Crippen MR) is 137 cm³/mol. The molecule has 1 aromatic carbocycles. The molecule has 8 nitrogen and oxygen atoms in total. The van der Waals surface area contributed by atoms with E-state index < -0.39 is 6.10 Å². The molecular weight excluding hydrogens is 458 g/mol. The Kier molecular flexibility index (Phi) is 7.98. The maximum Gasteiger partial charge on any atom is 0.159 e. The molecule has 0 amide bonds. The van der Waals surface area contributed by atoms with Crippen LogP contribution in [0.1, 0.15) is 24.5 Å². The number of benzene rings is 1. The van der Waals surface area contributed by atoms with Crippen molar-refractivity contribution in [3.63, 3.8) is 0 Å². The van der Waals surface area contributed by atoms with Crippen molar-refractivity contribution in [2.75, 3.05) is 39.9 Å². The van der Waals surface area contributed by atoms with Crippen molar-refractivity contribution in [3.05, 3.63) is 84.4 Å². The van der Waals surface area contributed by atoms with Gasteiger partial charge in [0.25, 0.3) is 0 Å². The lowest BCUT2D eigenvalue weighted by molar-refractivity contribution is -0.0400. The van der Waals surface area contributed by atoms with Crippen LogP contribution >= 0.6 is 0 Å². The Morgan fingerprint density at radius 3 is 3.03 bits per heavy atom. The average molecular weight is 492 g/mol. The molecule has 1 fully saturated rings. The molecule has 0 saturated carbocycles. The van der Waals surface area contributed by atoms with Crippen molar-refractivity contribution in [1.29, 1.82) is 0 Å². The molecular formula is C28H33N3O5. The molecule has 2 aliphatic heterocycles. The molecule has 36 heavy (non-hydrogen) atoms. The monoisotopic (exact) mass is 491 g/mol. The number of aliphatic hydroxyl groups is 1. The average Bonchev–Trinajstić information content (AvgIpc) is 2.94. The normalized spacial score (nSPS) is 21.8. The summed E-state index contributed by atoms with van der Waals surface area (Å²) in [6.07, 6.45) is 14.2. The highest BCUT2D eigenvalue weighted by Crippen LogP contribution is 2.30. The number of allylic oxidation sites excluding steroid dienone is 3. The first-order valence-corrected chi connectivity index (χ1v) is 12.4. The topological polar surface area (TPSA) is 85.3 Å². The van der Waals surface area contributed by atoms with E-state index in [0.717, 1.165) is 48.2 Å². The van der Waals surface area contributed by atoms with Gasteiger partial charge in [0.1, 0.15) is 30.1 Å². The second kappa shape index (κ2) is 11.7. The zero-order chi connectivity index (χ0) is 24.7. The molecule has 0 spiro atoms. The Morgan fingerprint density at radius 2 is 2.22 bits per heavy atom. The lowest BCUT2D eigenvalue weighted by Crippen LogP contribution is -2.49. The van der Waals surface area contributed by atoms with Crippen molar-refractivity contribution in [2.24, 2.45) is 0 Å². The predicted octanol–water partition coefficient (Wildman–Crippen LogP) is 3.57. The summed E-state index contributed by atoms with van der Waals surface area (Å²) in [7, 11) is 1.63.